The lowest BCUT2D eigenvalue weighted by Gasteiger charge is -2.34. The van der Waals surface area contributed by atoms with Gasteiger partial charge < -0.3 is 0 Å². The number of imide groups is 2. The Balaban J connectivity index is 3.22. The summed E-state index contributed by atoms with van der Waals surface area (Å²) in [6, 6.07) is -0.740. The van der Waals surface area contributed by atoms with Gasteiger partial charge in [0.2, 0.25) is 11.8 Å². The fourth-order valence-corrected chi connectivity index (χ4v) is 2.19. The van der Waals surface area contributed by atoms with Crippen LogP contribution in [0.5, 0.6) is 0 Å². The molecule has 0 unspecified atom stereocenters. The van der Waals surface area contributed by atoms with Gasteiger partial charge in [-0.1, -0.05) is 31.9 Å². The number of urea groups is 1. The topological polar surface area (TPSA) is 75.3 Å². The molecule has 0 saturated carbocycles. The first-order valence-corrected chi connectivity index (χ1v) is 5.83. The van der Waals surface area contributed by atoms with Crippen LogP contribution in [0.15, 0.2) is 11.6 Å². The molecule has 0 aliphatic carbocycles. The fraction of sp³-hybridized carbons (Fsp3) is 0.583. The van der Waals surface area contributed by atoms with Gasteiger partial charge in [-0.05, 0) is 19.8 Å². The molecule has 0 aromatic heterocycles. The molecule has 5 nitrogen and oxygen atoms in total. The summed E-state index contributed by atoms with van der Waals surface area (Å²) in [6.07, 6.45) is 3.68. The summed E-state index contributed by atoms with van der Waals surface area (Å²) in [5, 5.41) is 4.35. The number of barbiturate groups is 1. The lowest BCUT2D eigenvalue weighted by atomic mass is 9.74. The molecule has 0 bridgehead atoms. The first-order valence-electron chi connectivity index (χ1n) is 5.83. The summed E-state index contributed by atoms with van der Waals surface area (Å²) in [7, 11) is 0. The maximum Gasteiger partial charge on any atom is 0.328 e. The normalized spacial score (nSPS) is 19.9. The van der Waals surface area contributed by atoms with Crippen molar-refractivity contribution >= 4 is 17.8 Å². The van der Waals surface area contributed by atoms with Crippen LogP contribution >= 0.6 is 0 Å². The maximum absolute atomic E-state index is 12.0. The highest BCUT2D eigenvalue weighted by Gasteiger charge is 2.50. The van der Waals surface area contributed by atoms with Crippen LogP contribution in [0.2, 0.25) is 0 Å². The molecule has 1 aliphatic heterocycles. The Kier molecular flexibility index (Phi) is 4.04. The van der Waals surface area contributed by atoms with Gasteiger partial charge in [-0.25, -0.2) is 4.79 Å². The van der Waals surface area contributed by atoms with E-state index in [1.54, 1.807) is 6.92 Å². The van der Waals surface area contributed by atoms with Crippen molar-refractivity contribution in [3.05, 3.63) is 11.6 Å². The lowest BCUT2D eigenvalue weighted by molar-refractivity contribution is -0.142. The molecule has 17 heavy (non-hydrogen) atoms. The highest BCUT2D eigenvalue weighted by Crippen LogP contribution is 2.35. The second-order valence-electron chi connectivity index (χ2n) is 4.19. The van der Waals surface area contributed by atoms with E-state index in [-0.39, 0.29) is 0 Å². The summed E-state index contributed by atoms with van der Waals surface area (Å²) in [4.78, 5) is 35.1. The van der Waals surface area contributed by atoms with Crippen LogP contribution in [0.1, 0.15) is 40.0 Å². The number of carbonyl (C=O) groups excluding carboxylic acids is 3. The van der Waals surface area contributed by atoms with E-state index in [2.05, 4.69) is 10.6 Å². The zero-order chi connectivity index (χ0) is 13.1. The van der Waals surface area contributed by atoms with Crippen molar-refractivity contribution in [3.8, 4) is 0 Å². The quantitative estimate of drug-likeness (QED) is 0.575. The van der Waals surface area contributed by atoms with Gasteiger partial charge in [0.25, 0.3) is 0 Å². The van der Waals surface area contributed by atoms with Gasteiger partial charge >= 0.3 is 6.03 Å². The smallest absolute Gasteiger partial charge is 0.277 e. The molecule has 94 valence electrons. The molecule has 1 saturated heterocycles. The van der Waals surface area contributed by atoms with Crippen LogP contribution in [-0.4, -0.2) is 17.8 Å². The molecule has 5 heteroatoms. The van der Waals surface area contributed by atoms with Crippen molar-refractivity contribution in [2.75, 3.05) is 0 Å². The Morgan fingerprint density at radius 2 is 1.71 bits per heavy atom. The van der Waals surface area contributed by atoms with Crippen molar-refractivity contribution in [1.29, 1.82) is 0 Å². The number of hydrogen-bond acceptors (Lipinski definition) is 3. The second-order valence-corrected chi connectivity index (χ2v) is 4.19. The summed E-state index contributed by atoms with van der Waals surface area (Å²) in [5.74, 6) is -1.04. The predicted molar refractivity (Wildman–Crippen MR) is 63.1 cm³/mol. The summed E-state index contributed by atoms with van der Waals surface area (Å²) < 4.78 is 0. The van der Waals surface area contributed by atoms with E-state index in [1.165, 1.54) is 0 Å². The van der Waals surface area contributed by atoms with E-state index in [0.717, 1.165) is 6.42 Å². The zero-order valence-electron chi connectivity index (χ0n) is 10.4. The lowest BCUT2D eigenvalue weighted by Crippen LogP contribution is -2.62. The predicted octanol–water partition coefficient (Wildman–Crippen LogP) is 1.50. The molecule has 1 rings (SSSR count). The largest absolute Gasteiger partial charge is 0.328 e. The van der Waals surface area contributed by atoms with Crippen molar-refractivity contribution in [2.45, 2.75) is 40.0 Å². The minimum absolute atomic E-state index is 0.403. The van der Waals surface area contributed by atoms with Gasteiger partial charge in [-0.15, -0.1) is 0 Å². The Hall–Kier alpha value is -1.65. The molecule has 4 amide bonds. The van der Waals surface area contributed by atoms with Gasteiger partial charge in [0.05, 0.1) is 0 Å². The van der Waals surface area contributed by atoms with E-state index >= 15 is 0 Å². The molecule has 0 aromatic carbocycles. The van der Waals surface area contributed by atoms with E-state index in [1.807, 2.05) is 19.9 Å². The minimum atomic E-state index is -1.22. The van der Waals surface area contributed by atoms with Crippen LogP contribution in [0, 0.1) is 5.41 Å². The first-order chi connectivity index (χ1) is 7.98. The van der Waals surface area contributed by atoms with E-state index < -0.39 is 23.3 Å². The highest BCUT2D eigenvalue weighted by molar-refractivity contribution is 6.21. The molecule has 0 aromatic rings. The molecule has 0 spiro atoms. The third kappa shape index (κ3) is 2.23. The standard InChI is InChI=1S/C12H18N2O3/c1-4-6-8(3)12(7-5-2)9(15)13-11(17)14-10(12)16/h6H,4-5,7H2,1-3H3,(H2,13,14,15,16,17)/b8-6+. The Morgan fingerprint density at radius 3 is 2.12 bits per heavy atom. The Bertz CT molecular complexity index is 365. The fourth-order valence-electron chi connectivity index (χ4n) is 2.19. The van der Waals surface area contributed by atoms with Crippen molar-refractivity contribution in [3.63, 3.8) is 0 Å². The van der Waals surface area contributed by atoms with Crippen LogP contribution in [0.25, 0.3) is 0 Å². The van der Waals surface area contributed by atoms with E-state index in [9.17, 15) is 14.4 Å². The average molecular weight is 238 g/mol. The van der Waals surface area contributed by atoms with Crippen molar-refractivity contribution < 1.29 is 14.4 Å². The number of allylic oxidation sites excluding steroid dienone is 1. The average Bonchev–Trinajstić information content (AvgIpc) is 2.23. The number of hydrogen-bond donors (Lipinski definition) is 2. The number of amides is 4. The summed E-state index contributed by atoms with van der Waals surface area (Å²) >= 11 is 0. The van der Waals surface area contributed by atoms with Gasteiger partial charge in [0.15, 0.2) is 0 Å². The SMILES string of the molecule is CC/C=C(\C)C1(CCC)C(=O)NC(=O)NC1=O. The van der Waals surface area contributed by atoms with Gasteiger partial charge in [-0.3, -0.25) is 20.2 Å². The molecular formula is C12H18N2O3. The van der Waals surface area contributed by atoms with Crippen LogP contribution in [0.3, 0.4) is 0 Å². The monoisotopic (exact) mass is 238 g/mol. The van der Waals surface area contributed by atoms with Crippen LogP contribution < -0.4 is 10.6 Å². The second kappa shape index (κ2) is 5.12. The number of carbonyl (C=O) groups is 3. The molecule has 1 fully saturated rings. The molecule has 0 radical (unpaired) electrons. The summed E-state index contributed by atoms with van der Waals surface area (Å²) in [5.41, 5.74) is -0.525. The van der Waals surface area contributed by atoms with Crippen LogP contribution in [-0.2, 0) is 9.59 Å². The molecule has 2 N–H and O–H groups in total. The first kappa shape index (κ1) is 13.4. The molecular weight excluding hydrogens is 220 g/mol. The van der Waals surface area contributed by atoms with Crippen molar-refractivity contribution in [2.24, 2.45) is 5.41 Å². The van der Waals surface area contributed by atoms with Gasteiger partial charge in [0.1, 0.15) is 5.41 Å². The van der Waals surface area contributed by atoms with Crippen LogP contribution in [0.4, 0.5) is 4.79 Å². The molecule has 1 aliphatic rings. The van der Waals surface area contributed by atoms with E-state index in [4.69, 9.17) is 0 Å². The Morgan fingerprint density at radius 1 is 1.18 bits per heavy atom. The van der Waals surface area contributed by atoms with Gasteiger partial charge in [-0.2, -0.15) is 0 Å². The molecule has 1 heterocycles. The van der Waals surface area contributed by atoms with E-state index in [0.29, 0.717) is 18.4 Å². The minimum Gasteiger partial charge on any atom is -0.277 e. The zero-order valence-corrected chi connectivity index (χ0v) is 10.4. The third-order valence-corrected chi connectivity index (χ3v) is 3.04. The molecule has 0 atom stereocenters. The van der Waals surface area contributed by atoms with Crippen molar-refractivity contribution in [1.82, 2.24) is 10.6 Å². The van der Waals surface area contributed by atoms with Gasteiger partial charge in [0, 0.05) is 0 Å². The summed E-state index contributed by atoms with van der Waals surface area (Å²) in [6.45, 7) is 5.60. The highest BCUT2D eigenvalue weighted by atomic mass is 16.2. The maximum atomic E-state index is 12.0. The number of nitrogens with one attached hydrogen (secondary N) is 2. The third-order valence-electron chi connectivity index (χ3n) is 3.04. The number of rotatable bonds is 4. The Labute approximate surface area is 101 Å².